The maximum absolute atomic E-state index is 12.5. The van der Waals surface area contributed by atoms with Gasteiger partial charge in [0, 0.05) is 30.4 Å². The van der Waals surface area contributed by atoms with Gasteiger partial charge in [-0.15, -0.1) is 0 Å². The van der Waals surface area contributed by atoms with Gasteiger partial charge in [-0.2, -0.15) is 0 Å². The second-order valence-electron chi connectivity index (χ2n) is 7.14. The third-order valence-corrected chi connectivity index (χ3v) is 4.99. The molecule has 0 saturated heterocycles. The minimum Gasteiger partial charge on any atom is -0.334 e. The largest absolute Gasteiger partial charge is 0.334 e. The lowest BCUT2D eigenvalue weighted by molar-refractivity contribution is 0.262. The molecule has 0 unspecified atom stereocenters. The number of fused-ring (bicyclic) bond motifs is 1. The molecule has 0 atom stereocenters. The maximum Gasteiger partial charge on any atom is 0.323 e. The zero-order valence-electron chi connectivity index (χ0n) is 15.7. The van der Waals surface area contributed by atoms with Crippen molar-refractivity contribution in [3.8, 4) is 11.3 Å². The highest BCUT2D eigenvalue weighted by atomic mass is 16.2. The fourth-order valence-electron chi connectivity index (χ4n) is 3.59. The summed E-state index contributed by atoms with van der Waals surface area (Å²) in [6.07, 6.45) is 5.50. The van der Waals surface area contributed by atoms with E-state index in [1.54, 1.807) is 0 Å². The van der Waals surface area contributed by atoms with Crippen LogP contribution in [0.4, 0.5) is 16.2 Å². The summed E-state index contributed by atoms with van der Waals surface area (Å²) in [7, 11) is 0. The predicted molar refractivity (Wildman–Crippen MR) is 109 cm³/mol. The Morgan fingerprint density at radius 3 is 2.67 bits per heavy atom. The van der Waals surface area contributed by atoms with Crippen LogP contribution in [-0.2, 0) is 13.0 Å². The highest BCUT2D eigenvalue weighted by Crippen LogP contribution is 2.29. The number of urea groups is 1. The lowest BCUT2D eigenvalue weighted by Crippen LogP contribution is -2.20. The normalized spacial score (nSPS) is 13.1. The highest BCUT2D eigenvalue weighted by molar-refractivity contribution is 6.02. The van der Waals surface area contributed by atoms with E-state index in [2.05, 4.69) is 27.5 Å². The van der Waals surface area contributed by atoms with Gasteiger partial charge in [0.1, 0.15) is 5.82 Å². The van der Waals surface area contributed by atoms with Gasteiger partial charge in [-0.1, -0.05) is 35.9 Å². The number of imidazole rings is 1. The average Bonchev–Trinajstić information content (AvgIpc) is 3.08. The summed E-state index contributed by atoms with van der Waals surface area (Å²) in [4.78, 5) is 17.3. The molecule has 4 rings (SSSR count). The molecule has 1 aromatic heterocycles. The van der Waals surface area contributed by atoms with E-state index >= 15 is 0 Å². The Labute approximate surface area is 159 Å². The van der Waals surface area contributed by atoms with Gasteiger partial charge in [0.15, 0.2) is 0 Å². The second-order valence-corrected chi connectivity index (χ2v) is 7.14. The smallest absolute Gasteiger partial charge is 0.323 e. The number of amides is 2. The van der Waals surface area contributed by atoms with Gasteiger partial charge in [0.05, 0.1) is 11.4 Å². The van der Waals surface area contributed by atoms with E-state index < -0.39 is 0 Å². The van der Waals surface area contributed by atoms with E-state index in [4.69, 9.17) is 4.98 Å². The van der Waals surface area contributed by atoms with Crippen molar-refractivity contribution in [3.63, 3.8) is 0 Å². The summed E-state index contributed by atoms with van der Waals surface area (Å²) < 4.78 is 2.23. The van der Waals surface area contributed by atoms with E-state index in [0.717, 1.165) is 47.0 Å². The van der Waals surface area contributed by atoms with Gasteiger partial charge in [-0.3, -0.25) is 0 Å². The van der Waals surface area contributed by atoms with Crippen molar-refractivity contribution in [3.05, 3.63) is 65.6 Å². The van der Waals surface area contributed by atoms with Gasteiger partial charge in [0.2, 0.25) is 0 Å². The van der Waals surface area contributed by atoms with Crippen LogP contribution in [0.15, 0.2) is 48.7 Å². The summed E-state index contributed by atoms with van der Waals surface area (Å²) >= 11 is 0. The molecule has 0 aliphatic carbocycles. The molecule has 0 saturated carbocycles. The number of nitrogens with zero attached hydrogens (tertiary/aromatic N) is 2. The molecule has 1 aliphatic heterocycles. The summed E-state index contributed by atoms with van der Waals surface area (Å²) in [6, 6.07) is 13.5. The van der Waals surface area contributed by atoms with E-state index in [0.29, 0.717) is 0 Å². The van der Waals surface area contributed by atoms with Gasteiger partial charge in [-0.25, -0.2) is 9.78 Å². The van der Waals surface area contributed by atoms with Crippen molar-refractivity contribution in [2.75, 3.05) is 10.6 Å². The molecule has 0 bridgehead atoms. The molecule has 27 heavy (non-hydrogen) atoms. The molecule has 2 heterocycles. The Kier molecular flexibility index (Phi) is 4.67. The molecule has 2 amide bonds. The monoisotopic (exact) mass is 360 g/mol. The van der Waals surface area contributed by atoms with Crippen LogP contribution in [0.2, 0.25) is 0 Å². The predicted octanol–water partition coefficient (Wildman–Crippen LogP) is 5.15. The summed E-state index contributed by atoms with van der Waals surface area (Å²) in [5, 5.41) is 5.92. The summed E-state index contributed by atoms with van der Waals surface area (Å²) in [5.41, 5.74) is 5.64. The first-order chi connectivity index (χ1) is 13.1. The molecular weight excluding hydrogens is 336 g/mol. The van der Waals surface area contributed by atoms with Crippen LogP contribution >= 0.6 is 0 Å². The quantitative estimate of drug-likeness (QED) is 0.679. The fraction of sp³-hybridized carbons (Fsp3) is 0.273. The number of anilines is 2. The number of benzene rings is 2. The molecule has 2 N–H and O–H groups in total. The summed E-state index contributed by atoms with van der Waals surface area (Å²) in [5.74, 6) is 1.13. The molecule has 5 heteroatoms. The van der Waals surface area contributed by atoms with Gasteiger partial charge in [0.25, 0.3) is 0 Å². The van der Waals surface area contributed by atoms with E-state index in [9.17, 15) is 4.79 Å². The number of hydrogen-bond acceptors (Lipinski definition) is 2. The number of para-hydroxylation sites is 1. The van der Waals surface area contributed by atoms with Gasteiger partial charge < -0.3 is 15.2 Å². The molecule has 2 aromatic carbocycles. The van der Waals surface area contributed by atoms with Crippen LogP contribution < -0.4 is 10.6 Å². The van der Waals surface area contributed by atoms with E-state index in [1.165, 1.54) is 18.4 Å². The van der Waals surface area contributed by atoms with Crippen LogP contribution in [0.3, 0.4) is 0 Å². The number of aryl methyl sites for hydroxylation is 4. The Hall–Kier alpha value is -3.08. The van der Waals surface area contributed by atoms with Crippen molar-refractivity contribution in [1.82, 2.24) is 9.55 Å². The molecule has 3 aromatic rings. The maximum atomic E-state index is 12.5. The molecule has 0 spiro atoms. The van der Waals surface area contributed by atoms with Crippen LogP contribution in [0.1, 0.15) is 29.8 Å². The average molecular weight is 360 g/mol. The van der Waals surface area contributed by atoms with Crippen molar-refractivity contribution in [2.45, 2.75) is 39.7 Å². The van der Waals surface area contributed by atoms with Crippen LogP contribution in [-0.4, -0.2) is 15.6 Å². The minimum absolute atomic E-state index is 0.252. The van der Waals surface area contributed by atoms with Crippen LogP contribution in [0, 0.1) is 13.8 Å². The number of aromatic nitrogens is 2. The number of hydrogen-bond donors (Lipinski definition) is 2. The van der Waals surface area contributed by atoms with Crippen molar-refractivity contribution < 1.29 is 4.79 Å². The van der Waals surface area contributed by atoms with Crippen LogP contribution in [0.5, 0.6) is 0 Å². The number of nitrogens with one attached hydrogen (secondary N) is 2. The topological polar surface area (TPSA) is 59.0 Å². The summed E-state index contributed by atoms with van der Waals surface area (Å²) in [6.45, 7) is 5.05. The Morgan fingerprint density at radius 1 is 1.04 bits per heavy atom. The molecule has 0 radical (unpaired) electrons. The number of rotatable bonds is 3. The number of carbonyl (C=O) groups is 1. The Bertz CT molecular complexity index is 966. The first-order valence-electron chi connectivity index (χ1n) is 9.41. The minimum atomic E-state index is -0.252. The van der Waals surface area contributed by atoms with Crippen molar-refractivity contribution in [1.29, 1.82) is 0 Å². The van der Waals surface area contributed by atoms with Gasteiger partial charge in [-0.05, 0) is 44.4 Å². The third kappa shape index (κ3) is 3.72. The molecular formula is C22H24N4O. The first kappa shape index (κ1) is 17.3. The lowest BCUT2D eigenvalue weighted by atomic mass is 10.1. The van der Waals surface area contributed by atoms with E-state index in [-0.39, 0.29) is 6.03 Å². The standard InChI is InChI=1S/C22H24N4O/c1-15-10-11-18(16(2)13-15)24-22(27)25-19-8-4-3-7-17(19)20-14-26-12-6-5-9-21(26)23-20/h3-4,7-8,10-11,13-14H,5-6,9,12H2,1-2H3,(H2,24,25,27). The van der Waals surface area contributed by atoms with E-state index in [1.807, 2.05) is 50.2 Å². The number of carbonyl (C=O) groups excluding carboxylic acids is 1. The third-order valence-electron chi connectivity index (χ3n) is 4.99. The molecule has 0 fully saturated rings. The van der Waals surface area contributed by atoms with Crippen molar-refractivity contribution in [2.24, 2.45) is 0 Å². The van der Waals surface area contributed by atoms with Gasteiger partial charge >= 0.3 is 6.03 Å². The second kappa shape index (κ2) is 7.27. The molecule has 5 nitrogen and oxygen atoms in total. The molecule has 1 aliphatic rings. The molecule has 138 valence electrons. The van der Waals surface area contributed by atoms with Crippen LogP contribution in [0.25, 0.3) is 11.3 Å². The van der Waals surface area contributed by atoms with Crippen molar-refractivity contribution >= 4 is 17.4 Å². The Morgan fingerprint density at radius 2 is 1.85 bits per heavy atom. The Balaban J connectivity index is 1.56. The fourth-order valence-corrected chi connectivity index (χ4v) is 3.59. The first-order valence-corrected chi connectivity index (χ1v) is 9.41. The SMILES string of the molecule is Cc1ccc(NC(=O)Nc2ccccc2-c2cn3c(n2)CCCC3)c(C)c1. The zero-order valence-corrected chi connectivity index (χ0v) is 15.7. The zero-order chi connectivity index (χ0) is 18.8. The lowest BCUT2D eigenvalue weighted by Gasteiger charge is -2.12. The highest BCUT2D eigenvalue weighted by Gasteiger charge is 2.16.